The Morgan fingerprint density at radius 3 is 2.54 bits per heavy atom. The van der Waals surface area contributed by atoms with E-state index in [-0.39, 0.29) is 17.9 Å². The van der Waals surface area contributed by atoms with Crippen LogP contribution in [-0.2, 0) is 4.79 Å². The van der Waals surface area contributed by atoms with E-state index in [1.54, 1.807) is 0 Å². The maximum absolute atomic E-state index is 12.4. The van der Waals surface area contributed by atoms with Crippen molar-refractivity contribution in [1.29, 1.82) is 0 Å². The monoisotopic (exact) mass is 340 g/mol. The number of benzene rings is 2. The molecule has 0 aliphatic carbocycles. The molecule has 124 valence electrons. The van der Waals surface area contributed by atoms with Crippen LogP contribution in [0.15, 0.2) is 54.7 Å². The lowest BCUT2D eigenvalue weighted by Gasteiger charge is -2.18. The molecule has 24 heavy (non-hydrogen) atoms. The van der Waals surface area contributed by atoms with Crippen molar-refractivity contribution < 1.29 is 4.79 Å². The van der Waals surface area contributed by atoms with Gasteiger partial charge in [-0.3, -0.25) is 4.79 Å². The molecule has 1 unspecified atom stereocenters. The van der Waals surface area contributed by atoms with E-state index in [1.807, 2.05) is 62.5 Å². The topological polar surface area (TPSA) is 44.9 Å². The van der Waals surface area contributed by atoms with Crippen LogP contribution in [0.3, 0.4) is 0 Å². The van der Waals surface area contributed by atoms with Crippen molar-refractivity contribution in [3.8, 4) is 0 Å². The summed E-state index contributed by atoms with van der Waals surface area (Å²) < 4.78 is 0. The van der Waals surface area contributed by atoms with Gasteiger partial charge in [0.15, 0.2) is 0 Å². The number of halogens is 1. The van der Waals surface area contributed by atoms with Crippen LogP contribution in [0.1, 0.15) is 37.3 Å². The summed E-state index contributed by atoms with van der Waals surface area (Å²) >= 11 is 6.03. The molecular weight excluding hydrogens is 320 g/mol. The summed E-state index contributed by atoms with van der Waals surface area (Å²) in [6, 6.07) is 16.0. The molecule has 0 bridgehead atoms. The summed E-state index contributed by atoms with van der Waals surface area (Å²) in [4.78, 5) is 15.7. The highest BCUT2D eigenvalue weighted by Gasteiger charge is 2.21. The van der Waals surface area contributed by atoms with E-state index in [2.05, 4.69) is 16.4 Å². The van der Waals surface area contributed by atoms with Crippen molar-refractivity contribution in [2.45, 2.75) is 32.2 Å². The Balaban J connectivity index is 2.01. The lowest BCUT2D eigenvalue weighted by atomic mass is 9.88. The molecule has 3 rings (SSSR count). The quantitative estimate of drug-likeness (QED) is 0.684. The first-order chi connectivity index (χ1) is 11.5. The molecule has 1 heterocycles. The molecular formula is C20H21ClN2O. The molecule has 2 aromatic carbocycles. The van der Waals surface area contributed by atoms with E-state index >= 15 is 0 Å². The lowest BCUT2D eigenvalue weighted by Crippen LogP contribution is -2.31. The number of carbonyl (C=O) groups excluding carboxylic acids is 1. The highest BCUT2D eigenvalue weighted by atomic mass is 35.5. The summed E-state index contributed by atoms with van der Waals surface area (Å²) in [5.74, 6) is 0.0346. The Bertz CT molecular complexity index is 836. The summed E-state index contributed by atoms with van der Waals surface area (Å²) in [6.45, 7) is 3.95. The number of aromatic nitrogens is 1. The normalized spacial score (nSPS) is 12.5. The van der Waals surface area contributed by atoms with Crippen LogP contribution in [0, 0.1) is 0 Å². The molecule has 0 aliphatic heterocycles. The predicted octanol–water partition coefficient (Wildman–Crippen LogP) is 4.87. The highest BCUT2D eigenvalue weighted by Crippen LogP contribution is 2.33. The second-order valence-corrected chi connectivity index (χ2v) is 6.76. The van der Waals surface area contributed by atoms with Crippen LogP contribution >= 0.6 is 11.6 Å². The van der Waals surface area contributed by atoms with E-state index in [0.717, 1.165) is 22.0 Å². The van der Waals surface area contributed by atoms with Gasteiger partial charge >= 0.3 is 0 Å². The first-order valence-electron chi connectivity index (χ1n) is 8.15. The van der Waals surface area contributed by atoms with Gasteiger partial charge in [-0.2, -0.15) is 0 Å². The van der Waals surface area contributed by atoms with Crippen LogP contribution < -0.4 is 5.32 Å². The van der Waals surface area contributed by atoms with E-state index in [4.69, 9.17) is 11.6 Å². The third kappa shape index (κ3) is 3.62. The zero-order valence-corrected chi connectivity index (χ0v) is 14.6. The average molecular weight is 341 g/mol. The van der Waals surface area contributed by atoms with Gasteiger partial charge in [-0.1, -0.05) is 41.9 Å². The van der Waals surface area contributed by atoms with E-state index in [0.29, 0.717) is 11.4 Å². The number of fused-ring (bicyclic) bond motifs is 1. The summed E-state index contributed by atoms with van der Waals surface area (Å²) in [5.41, 5.74) is 3.30. The Morgan fingerprint density at radius 1 is 1.12 bits per heavy atom. The van der Waals surface area contributed by atoms with Gasteiger partial charge in [0.05, 0.1) is 0 Å². The van der Waals surface area contributed by atoms with Crippen molar-refractivity contribution in [2.75, 3.05) is 0 Å². The molecule has 0 saturated heterocycles. The van der Waals surface area contributed by atoms with Crippen molar-refractivity contribution in [1.82, 2.24) is 10.3 Å². The molecule has 0 radical (unpaired) electrons. The van der Waals surface area contributed by atoms with Gasteiger partial charge in [-0.15, -0.1) is 0 Å². The Kier molecular flexibility index (Phi) is 4.91. The number of H-pyrrole nitrogens is 1. The van der Waals surface area contributed by atoms with Crippen molar-refractivity contribution in [2.24, 2.45) is 0 Å². The Labute approximate surface area is 147 Å². The zero-order chi connectivity index (χ0) is 17.1. The van der Waals surface area contributed by atoms with Crippen LogP contribution in [0.2, 0.25) is 5.02 Å². The average Bonchev–Trinajstić information content (AvgIpc) is 2.97. The zero-order valence-electron chi connectivity index (χ0n) is 13.8. The molecule has 0 spiro atoms. The second-order valence-electron chi connectivity index (χ2n) is 6.32. The van der Waals surface area contributed by atoms with Crippen LogP contribution in [0.25, 0.3) is 10.9 Å². The number of hydrogen-bond acceptors (Lipinski definition) is 1. The number of para-hydroxylation sites is 1. The maximum atomic E-state index is 12.4. The molecule has 0 fully saturated rings. The first-order valence-corrected chi connectivity index (χ1v) is 8.53. The number of rotatable bonds is 5. The van der Waals surface area contributed by atoms with Gasteiger partial charge in [-0.05, 0) is 43.2 Å². The SMILES string of the molecule is CC(C)NC(=O)CC(c1ccc(Cl)cc1)c1c[nH]c2ccccc12. The number of nitrogens with one attached hydrogen (secondary N) is 2. The van der Waals surface area contributed by atoms with Gasteiger partial charge in [0, 0.05) is 40.5 Å². The highest BCUT2D eigenvalue weighted by molar-refractivity contribution is 6.30. The summed E-state index contributed by atoms with van der Waals surface area (Å²) in [6.07, 6.45) is 2.41. The fourth-order valence-corrected chi connectivity index (χ4v) is 3.18. The number of amides is 1. The summed E-state index contributed by atoms with van der Waals surface area (Å²) in [5, 5.41) is 4.83. The first kappa shape index (κ1) is 16.6. The third-order valence-corrected chi connectivity index (χ3v) is 4.36. The second kappa shape index (κ2) is 7.10. The molecule has 1 amide bonds. The predicted molar refractivity (Wildman–Crippen MR) is 99.5 cm³/mol. The molecule has 3 aromatic rings. The number of carbonyl (C=O) groups is 1. The van der Waals surface area contributed by atoms with Crippen molar-refractivity contribution in [3.05, 3.63) is 70.9 Å². The number of hydrogen-bond donors (Lipinski definition) is 2. The van der Waals surface area contributed by atoms with E-state index in [9.17, 15) is 4.79 Å². The van der Waals surface area contributed by atoms with Crippen molar-refractivity contribution >= 4 is 28.4 Å². The minimum atomic E-state index is -0.0165. The molecule has 1 atom stereocenters. The van der Waals surface area contributed by atoms with Crippen LogP contribution in [-0.4, -0.2) is 16.9 Å². The minimum Gasteiger partial charge on any atom is -0.361 e. The molecule has 2 N–H and O–H groups in total. The number of aromatic amines is 1. The van der Waals surface area contributed by atoms with E-state index < -0.39 is 0 Å². The summed E-state index contributed by atoms with van der Waals surface area (Å²) in [7, 11) is 0. The van der Waals surface area contributed by atoms with Gasteiger partial charge in [0.25, 0.3) is 0 Å². The van der Waals surface area contributed by atoms with Crippen molar-refractivity contribution in [3.63, 3.8) is 0 Å². The standard InChI is InChI=1S/C20H21ClN2O/c1-13(2)23-20(24)11-17(14-7-9-15(21)10-8-14)18-12-22-19-6-4-3-5-16(18)19/h3-10,12-13,17,22H,11H2,1-2H3,(H,23,24). The minimum absolute atomic E-state index is 0.0165. The fourth-order valence-electron chi connectivity index (χ4n) is 3.05. The largest absolute Gasteiger partial charge is 0.361 e. The van der Waals surface area contributed by atoms with Gasteiger partial charge in [0.1, 0.15) is 0 Å². The third-order valence-electron chi connectivity index (χ3n) is 4.11. The molecule has 3 nitrogen and oxygen atoms in total. The molecule has 4 heteroatoms. The van der Waals surface area contributed by atoms with Crippen LogP contribution in [0.4, 0.5) is 0 Å². The van der Waals surface area contributed by atoms with Gasteiger partial charge in [-0.25, -0.2) is 0 Å². The lowest BCUT2D eigenvalue weighted by molar-refractivity contribution is -0.121. The maximum Gasteiger partial charge on any atom is 0.221 e. The van der Waals surface area contributed by atoms with Crippen LogP contribution in [0.5, 0.6) is 0 Å². The fraction of sp³-hybridized carbons (Fsp3) is 0.250. The molecule has 0 aliphatic rings. The van der Waals surface area contributed by atoms with E-state index in [1.165, 1.54) is 0 Å². The van der Waals surface area contributed by atoms with Gasteiger partial charge < -0.3 is 10.3 Å². The molecule has 0 saturated carbocycles. The van der Waals surface area contributed by atoms with Gasteiger partial charge in [0.2, 0.25) is 5.91 Å². The smallest absolute Gasteiger partial charge is 0.221 e. The Hall–Kier alpha value is -2.26. The Morgan fingerprint density at radius 2 is 1.83 bits per heavy atom. The molecule has 1 aromatic heterocycles.